The lowest BCUT2D eigenvalue weighted by Gasteiger charge is -2.36. The Balaban J connectivity index is 1.92. The highest BCUT2D eigenvalue weighted by atomic mass is 35.5. The van der Waals surface area contributed by atoms with Crippen molar-refractivity contribution in [1.82, 2.24) is 4.90 Å². The number of hydrogen-bond acceptors (Lipinski definition) is 4. The van der Waals surface area contributed by atoms with E-state index in [1.165, 1.54) is 0 Å². The third-order valence-corrected chi connectivity index (χ3v) is 3.81. The van der Waals surface area contributed by atoms with E-state index in [1.54, 1.807) is 7.11 Å². The van der Waals surface area contributed by atoms with E-state index >= 15 is 0 Å². The maximum atomic E-state index is 10.8. The van der Waals surface area contributed by atoms with Gasteiger partial charge in [0, 0.05) is 32.7 Å². The Hall–Kier alpha value is -1.46. The number of ether oxygens (including phenoxy) is 1. The number of carboxylic acid groups (broad SMARTS) is 1. The van der Waals surface area contributed by atoms with Crippen molar-refractivity contribution >= 4 is 23.3 Å². The van der Waals surface area contributed by atoms with Crippen LogP contribution in [0.1, 0.15) is 0 Å². The van der Waals surface area contributed by atoms with E-state index in [-0.39, 0.29) is 0 Å². The molecule has 1 heterocycles. The van der Waals surface area contributed by atoms with Crippen LogP contribution in [0.3, 0.4) is 0 Å². The zero-order chi connectivity index (χ0) is 14.5. The van der Waals surface area contributed by atoms with Crippen LogP contribution in [-0.2, 0) is 4.79 Å². The number of methoxy groups -OCH3 is 1. The maximum absolute atomic E-state index is 10.8. The number of halogens is 1. The molecule has 1 saturated heterocycles. The largest absolute Gasteiger partial charge is 0.495 e. The minimum absolute atomic E-state index is 0.386. The lowest BCUT2D eigenvalue weighted by molar-refractivity contribution is -0.137. The summed E-state index contributed by atoms with van der Waals surface area (Å²) in [6.07, 6.45) is 0. The number of para-hydroxylation sites is 2. The minimum atomic E-state index is -0.959. The molecule has 1 aliphatic heterocycles. The number of benzene rings is 1. The summed E-state index contributed by atoms with van der Waals surface area (Å²) in [5, 5.41) is 7.99. The third-order valence-electron chi connectivity index (χ3n) is 3.48. The molecule has 0 aliphatic carbocycles. The van der Waals surface area contributed by atoms with Crippen molar-refractivity contribution in [1.29, 1.82) is 0 Å². The predicted molar refractivity (Wildman–Crippen MR) is 78.9 cm³/mol. The first-order valence-electron chi connectivity index (χ1n) is 6.59. The van der Waals surface area contributed by atoms with E-state index < -0.39 is 11.3 Å². The second-order valence-corrected chi connectivity index (χ2v) is 5.29. The number of piperazine rings is 1. The van der Waals surface area contributed by atoms with Crippen molar-refractivity contribution in [3.63, 3.8) is 0 Å². The molecule has 110 valence electrons. The molecule has 0 spiro atoms. The van der Waals surface area contributed by atoms with Crippen LogP contribution in [0.2, 0.25) is 0 Å². The van der Waals surface area contributed by atoms with Crippen molar-refractivity contribution in [3.8, 4) is 5.75 Å². The molecule has 0 radical (unpaired) electrons. The summed E-state index contributed by atoms with van der Waals surface area (Å²) in [7, 11) is 1.67. The van der Waals surface area contributed by atoms with Gasteiger partial charge in [-0.1, -0.05) is 12.1 Å². The molecule has 2 rings (SSSR count). The first-order chi connectivity index (χ1) is 9.61. The van der Waals surface area contributed by atoms with Crippen LogP contribution in [0.15, 0.2) is 24.3 Å². The summed E-state index contributed by atoms with van der Waals surface area (Å²) in [4.78, 5) is 15.1. The molecule has 1 aromatic carbocycles. The van der Waals surface area contributed by atoms with Crippen molar-refractivity contribution in [2.75, 3.05) is 44.7 Å². The average Bonchev–Trinajstić information content (AvgIpc) is 2.48. The van der Waals surface area contributed by atoms with Crippen molar-refractivity contribution in [2.45, 2.75) is 5.38 Å². The van der Waals surface area contributed by atoms with Gasteiger partial charge >= 0.3 is 5.97 Å². The Bertz CT molecular complexity index is 461. The van der Waals surface area contributed by atoms with Crippen molar-refractivity contribution in [3.05, 3.63) is 24.3 Å². The normalized spacial score (nSPS) is 17.8. The highest BCUT2D eigenvalue weighted by Crippen LogP contribution is 2.28. The van der Waals surface area contributed by atoms with E-state index in [9.17, 15) is 4.79 Å². The van der Waals surface area contributed by atoms with Crippen LogP contribution < -0.4 is 9.64 Å². The van der Waals surface area contributed by atoms with Crippen LogP contribution in [-0.4, -0.2) is 61.2 Å². The molecule has 0 saturated carbocycles. The molecule has 0 aromatic heterocycles. The first kappa shape index (κ1) is 14.9. The van der Waals surface area contributed by atoms with Gasteiger partial charge < -0.3 is 14.7 Å². The molecule has 1 fully saturated rings. The molecular weight excluding hydrogens is 280 g/mol. The zero-order valence-electron chi connectivity index (χ0n) is 11.5. The van der Waals surface area contributed by atoms with Crippen LogP contribution in [0, 0.1) is 0 Å². The standard InChI is InChI=1S/C14H19ClN2O3/c1-20-13-5-3-2-4-12(13)17-8-6-16(7-9-17)10-11(15)14(18)19/h2-5,11H,6-10H2,1H3,(H,18,19). The second kappa shape index (κ2) is 6.81. The summed E-state index contributed by atoms with van der Waals surface area (Å²) >= 11 is 5.78. The molecule has 1 unspecified atom stereocenters. The SMILES string of the molecule is COc1ccccc1N1CCN(CC(Cl)C(=O)O)CC1. The van der Waals surface area contributed by atoms with E-state index in [2.05, 4.69) is 9.80 Å². The Morgan fingerprint density at radius 1 is 1.35 bits per heavy atom. The number of alkyl halides is 1. The smallest absolute Gasteiger partial charge is 0.322 e. The highest BCUT2D eigenvalue weighted by Gasteiger charge is 2.23. The topological polar surface area (TPSA) is 53.0 Å². The summed E-state index contributed by atoms with van der Waals surface area (Å²) in [5.41, 5.74) is 1.08. The molecule has 0 amide bonds. The van der Waals surface area contributed by atoms with E-state index in [0.29, 0.717) is 6.54 Å². The number of rotatable bonds is 5. The van der Waals surface area contributed by atoms with Gasteiger partial charge in [-0.15, -0.1) is 11.6 Å². The molecule has 6 heteroatoms. The van der Waals surface area contributed by atoms with E-state index in [0.717, 1.165) is 37.6 Å². The lowest BCUT2D eigenvalue weighted by Crippen LogP contribution is -2.48. The van der Waals surface area contributed by atoms with E-state index in [1.807, 2.05) is 24.3 Å². The maximum Gasteiger partial charge on any atom is 0.322 e. The Kier molecular flexibility index (Phi) is 5.09. The lowest BCUT2D eigenvalue weighted by atomic mass is 10.2. The minimum Gasteiger partial charge on any atom is -0.495 e. The van der Waals surface area contributed by atoms with Crippen LogP contribution in [0.4, 0.5) is 5.69 Å². The number of nitrogens with zero attached hydrogens (tertiary/aromatic N) is 2. The molecule has 20 heavy (non-hydrogen) atoms. The van der Waals surface area contributed by atoms with Gasteiger partial charge in [-0.3, -0.25) is 9.69 Å². The zero-order valence-corrected chi connectivity index (χ0v) is 12.2. The second-order valence-electron chi connectivity index (χ2n) is 4.77. The van der Waals surface area contributed by atoms with Crippen LogP contribution in [0.25, 0.3) is 0 Å². The Labute approximate surface area is 123 Å². The predicted octanol–water partition coefficient (Wildman–Crippen LogP) is 1.51. The summed E-state index contributed by atoms with van der Waals surface area (Å²) in [6.45, 7) is 3.66. The van der Waals surface area contributed by atoms with Crippen molar-refractivity contribution in [2.24, 2.45) is 0 Å². The number of carbonyl (C=O) groups is 1. The van der Waals surface area contributed by atoms with Gasteiger partial charge in [0.1, 0.15) is 11.1 Å². The molecular formula is C14H19ClN2O3. The monoisotopic (exact) mass is 298 g/mol. The fourth-order valence-corrected chi connectivity index (χ4v) is 2.56. The number of carboxylic acids is 1. The molecule has 5 nitrogen and oxygen atoms in total. The first-order valence-corrected chi connectivity index (χ1v) is 7.02. The molecule has 0 bridgehead atoms. The quantitative estimate of drug-likeness (QED) is 0.835. The van der Waals surface area contributed by atoms with Gasteiger partial charge in [0.25, 0.3) is 0 Å². The molecule has 1 atom stereocenters. The van der Waals surface area contributed by atoms with Crippen LogP contribution in [0.5, 0.6) is 5.75 Å². The number of hydrogen-bond donors (Lipinski definition) is 1. The fraction of sp³-hybridized carbons (Fsp3) is 0.500. The number of anilines is 1. The molecule has 1 aromatic rings. The van der Waals surface area contributed by atoms with Gasteiger partial charge in [-0.25, -0.2) is 0 Å². The van der Waals surface area contributed by atoms with Gasteiger partial charge in [0.15, 0.2) is 0 Å². The summed E-state index contributed by atoms with van der Waals surface area (Å²) in [5.74, 6) is -0.0967. The van der Waals surface area contributed by atoms with Gasteiger partial charge in [-0.05, 0) is 12.1 Å². The molecule has 1 N–H and O–H groups in total. The van der Waals surface area contributed by atoms with Gasteiger partial charge in [-0.2, -0.15) is 0 Å². The third kappa shape index (κ3) is 3.55. The van der Waals surface area contributed by atoms with Crippen LogP contribution >= 0.6 is 11.6 Å². The fourth-order valence-electron chi connectivity index (χ4n) is 2.37. The number of aliphatic carboxylic acids is 1. The summed E-state index contributed by atoms with van der Waals surface area (Å²) < 4.78 is 5.37. The van der Waals surface area contributed by atoms with Gasteiger partial charge in [0.05, 0.1) is 12.8 Å². The van der Waals surface area contributed by atoms with Crippen molar-refractivity contribution < 1.29 is 14.6 Å². The summed E-state index contributed by atoms with van der Waals surface area (Å²) in [6, 6.07) is 7.92. The Morgan fingerprint density at radius 3 is 2.60 bits per heavy atom. The van der Waals surface area contributed by atoms with Gasteiger partial charge in [0.2, 0.25) is 0 Å². The average molecular weight is 299 g/mol. The highest BCUT2D eigenvalue weighted by molar-refractivity contribution is 6.29. The van der Waals surface area contributed by atoms with E-state index in [4.69, 9.17) is 21.4 Å². The Morgan fingerprint density at radius 2 is 2.00 bits per heavy atom. The molecule has 1 aliphatic rings.